The first kappa shape index (κ1) is 16.9. The smallest absolute Gasteiger partial charge is 0.417 e. The van der Waals surface area contributed by atoms with Crippen molar-refractivity contribution in [2.45, 2.75) is 24.8 Å². The van der Waals surface area contributed by atoms with E-state index >= 15 is 0 Å². The number of halogens is 3. The van der Waals surface area contributed by atoms with Gasteiger partial charge in [0.1, 0.15) is 6.10 Å². The van der Waals surface area contributed by atoms with Crippen molar-refractivity contribution in [3.63, 3.8) is 0 Å². The summed E-state index contributed by atoms with van der Waals surface area (Å²) < 4.78 is 42.6. The third-order valence-corrected chi connectivity index (χ3v) is 2.78. The number of nitrogens with zero attached hydrogens (tertiary/aromatic N) is 1. The van der Waals surface area contributed by atoms with E-state index in [0.29, 0.717) is 6.07 Å². The van der Waals surface area contributed by atoms with Crippen molar-refractivity contribution >= 4 is 5.97 Å². The minimum Gasteiger partial charge on any atom is -0.469 e. The van der Waals surface area contributed by atoms with Crippen molar-refractivity contribution < 1.29 is 32.9 Å². The van der Waals surface area contributed by atoms with Gasteiger partial charge < -0.3 is 14.9 Å². The lowest BCUT2D eigenvalue weighted by Gasteiger charge is -2.19. The van der Waals surface area contributed by atoms with Gasteiger partial charge in [-0.05, 0) is 17.7 Å². The topological polar surface area (TPSA) is 90.6 Å². The Morgan fingerprint density at radius 2 is 2.05 bits per heavy atom. The van der Waals surface area contributed by atoms with E-state index in [2.05, 4.69) is 4.74 Å². The van der Waals surface area contributed by atoms with Crippen LogP contribution in [-0.4, -0.2) is 29.4 Å². The number of benzene rings is 1. The Balaban J connectivity index is 3.09. The molecule has 2 unspecified atom stereocenters. The molecule has 0 amide bonds. The lowest BCUT2D eigenvalue weighted by atomic mass is 9.97. The Morgan fingerprint density at radius 1 is 1.43 bits per heavy atom. The van der Waals surface area contributed by atoms with Crippen molar-refractivity contribution in [1.29, 1.82) is 5.26 Å². The fourth-order valence-corrected chi connectivity index (χ4v) is 1.67. The molecule has 0 aliphatic rings. The molecule has 0 bridgehead atoms. The Hall–Kier alpha value is -2.11. The first-order valence-corrected chi connectivity index (χ1v) is 5.75. The van der Waals surface area contributed by atoms with E-state index in [0.717, 1.165) is 19.2 Å². The summed E-state index contributed by atoms with van der Waals surface area (Å²) in [6, 6.07) is 3.95. The second-order valence-corrected chi connectivity index (χ2v) is 4.21. The average Bonchev–Trinajstić information content (AvgIpc) is 2.44. The quantitative estimate of drug-likeness (QED) is 0.823. The molecule has 2 atom stereocenters. The van der Waals surface area contributed by atoms with E-state index in [1.165, 1.54) is 6.07 Å². The summed E-state index contributed by atoms with van der Waals surface area (Å²) in [5, 5.41) is 28.0. The molecule has 1 rings (SSSR count). The minimum absolute atomic E-state index is 0.252. The second kappa shape index (κ2) is 6.56. The number of ether oxygens (including phenoxy) is 1. The lowest BCUT2D eigenvalue weighted by molar-refractivity contribution is -0.145. The maximum Gasteiger partial charge on any atom is 0.417 e. The summed E-state index contributed by atoms with van der Waals surface area (Å²) in [6.07, 6.45) is -8.67. The van der Waals surface area contributed by atoms with Crippen molar-refractivity contribution in [1.82, 2.24) is 0 Å². The molecule has 5 nitrogen and oxygen atoms in total. The maximum absolute atomic E-state index is 12.8. The Labute approximate surface area is 118 Å². The third-order valence-electron chi connectivity index (χ3n) is 2.78. The van der Waals surface area contributed by atoms with Gasteiger partial charge in [-0.1, -0.05) is 6.07 Å². The summed E-state index contributed by atoms with van der Waals surface area (Å²) in [7, 11) is 1.07. The lowest BCUT2D eigenvalue weighted by Crippen LogP contribution is -2.23. The van der Waals surface area contributed by atoms with E-state index in [1.54, 1.807) is 0 Å². The predicted molar refractivity (Wildman–Crippen MR) is 63.8 cm³/mol. The first-order valence-electron chi connectivity index (χ1n) is 5.75. The number of methoxy groups -OCH3 is 1. The molecular weight excluding hydrogens is 291 g/mol. The van der Waals surface area contributed by atoms with Crippen LogP contribution in [0.3, 0.4) is 0 Å². The standard InChI is InChI=1S/C13H12F3NO4/c1-21-11(19)5-10(18)12(20)7-2-3-8(6-17)9(4-7)13(14,15)16/h2-4,10,12,18,20H,5H2,1H3. The fraction of sp³-hybridized carbons (Fsp3) is 0.385. The van der Waals surface area contributed by atoms with Crippen LogP contribution in [0.1, 0.15) is 29.2 Å². The molecule has 8 heteroatoms. The monoisotopic (exact) mass is 303 g/mol. The largest absolute Gasteiger partial charge is 0.469 e. The van der Waals surface area contributed by atoms with Gasteiger partial charge in [-0.2, -0.15) is 18.4 Å². The number of aliphatic hydroxyl groups excluding tert-OH is 2. The Bertz CT molecular complexity index is 566. The van der Waals surface area contributed by atoms with Gasteiger partial charge in [0.05, 0.1) is 36.8 Å². The van der Waals surface area contributed by atoms with Gasteiger partial charge in [-0.3, -0.25) is 4.79 Å². The second-order valence-electron chi connectivity index (χ2n) is 4.21. The molecule has 0 radical (unpaired) electrons. The number of alkyl halides is 3. The van der Waals surface area contributed by atoms with Gasteiger partial charge in [0.25, 0.3) is 0 Å². The first-order chi connectivity index (χ1) is 9.70. The summed E-state index contributed by atoms with van der Waals surface area (Å²) in [6.45, 7) is 0. The van der Waals surface area contributed by atoms with Gasteiger partial charge >= 0.3 is 12.1 Å². The van der Waals surface area contributed by atoms with E-state index in [-0.39, 0.29) is 5.56 Å². The highest BCUT2D eigenvalue weighted by atomic mass is 19.4. The van der Waals surface area contributed by atoms with Crippen LogP contribution in [0.25, 0.3) is 0 Å². The maximum atomic E-state index is 12.8. The van der Waals surface area contributed by atoms with Gasteiger partial charge in [0, 0.05) is 0 Å². The number of aliphatic hydroxyl groups is 2. The van der Waals surface area contributed by atoms with E-state index in [9.17, 15) is 28.2 Å². The SMILES string of the molecule is COC(=O)CC(O)C(O)c1ccc(C#N)c(C(F)(F)F)c1. The highest BCUT2D eigenvalue weighted by Gasteiger charge is 2.35. The van der Waals surface area contributed by atoms with Crippen LogP contribution >= 0.6 is 0 Å². The van der Waals surface area contributed by atoms with E-state index in [1.807, 2.05) is 0 Å². The highest BCUT2D eigenvalue weighted by Crippen LogP contribution is 2.34. The molecule has 0 fully saturated rings. The van der Waals surface area contributed by atoms with Crippen LogP contribution in [0.2, 0.25) is 0 Å². The molecule has 0 spiro atoms. The molecule has 0 aromatic heterocycles. The molecule has 1 aromatic carbocycles. The zero-order chi connectivity index (χ0) is 16.2. The zero-order valence-corrected chi connectivity index (χ0v) is 10.9. The highest BCUT2D eigenvalue weighted by molar-refractivity contribution is 5.69. The minimum atomic E-state index is -4.77. The van der Waals surface area contributed by atoms with Crippen LogP contribution in [0.4, 0.5) is 13.2 Å². The van der Waals surface area contributed by atoms with Gasteiger partial charge in [-0.15, -0.1) is 0 Å². The number of rotatable bonds is 4. The van der Waals surface area contributed by atoms with Gasteiger partial charge in [0.2, 0.25) is 0 Å². The number of esters is 1. The van der Waals surface area contributed by atoms with Crippen LogP contribution in [0.15, 0.2) is 18.2 Å². The number of nitriles is 1. The third kappa shape index (κ3) is 4.18. The number of carbonyl (C=O) groups excluding carboxylic acids is 1. The molecular formula is C13H12F3NO4. The Morgan fingerprint density at radius 3 is 2.52 bits per heavy atom. The van der Waals surface area contributed by atoms with E-state index in [4.69, 9.17) is 5.26 Å². The van der Waals surface area contributed by atoms with Crippen LogP contribution < -0.4 is 0 Å². The van der Waals surface area contributed by atoms with Crippen LogP contribution in [0.5, 0.6) is 0 Å². The molecule has 0 heterocycles. The molecule has 0 aliphatic carbocycles. The van der Waals surface area contributed by atoms with Crippen molar-refractivity contribution in [2.24, 2.45) is 0 Å². The molecule has 0 saturated carbocycles. The molecule has 0 aliphatic heterocycles. The molecule has 2 N–H and O–H groups in total. The summed E-state index contributed by atoms with van der Waals surface area (Å²) >= 11 is 0. The summed E-state index contributed by atoms with van der Waals surface area (Å²) in [4.78, 5) is 11.0. The molecule has 21 heavy (non-hydrogen) atoms. The van der Waals surface area contributed by atoms with E-state index < -0.39 is 41.9 Å². The predicted octanol–water partition coefficient (Wildman–Crippen LogP) is 1.53. The van der Waals surface area contributed by atoms with Crippen molar-refractivity contribution in [3.8, 4) is 6.07 Å². The van der Waals surface area contributed by atoms with Gasteiger partial charge in [-0.25, -0.2) is 0 Å². The number of carbonyl (C=O) groups is 1. The normalized spacial score (nSPS) is 14.1. The zero-order valence-electron chi connectivity index (χ0n) is 10.9. The van der Waals surface area contributed by atoms with Crippen molar-refractivity contribution in [2.75, 3.05) is 7.11 Å². The van der Waals surface area contributed by atoms with Crippen LogP contribution in [0, 0.1) is 11.3 Å². The fourth-order valence-electron chi connectivity index (χ4n) is 1.67. The number of hydrogen-bond acceptors (Lipinski definition) is 5. The number of hydrogen-bond donors (Lipinski definition) is 2. The van der Waals surface area contributed by atoms with Crippen molar-refractivity contribution in [3.05, 3.63) is 34.9 Å². The molecule has 1 aromatic rings. The average molecular weight is 303 g/mol. The van der Waals surface area contributed by atoms with Gasteiger partial charge in [0.15, 0.2) is 0 Å². The molecule has 114 valence electrons. The summed E-state index contributed by atoms with van der Waals surface area (Å²) in [5.41, 5.74) is -2.06. The van der Waals surface area contributed by atoms with Crippen LogP contribution in [-0.2, 0) is 15.7 Å². The Kier molecular flexibility index (Phi) is 5.29. The molecule has 0 saturated heterocycles. The summed E-state index contributed by atoms with van der Waals surface area (Å²) in [5.74, 6) is -0.814.